The zero-order valence-corrected chi connectivity index (χ0v) is 16.6. The van der Waals surface area contributed by atoms with Gasteiger partial charge in [0.2, 0.25) is 5.91 Å². The van der Waals surface area contributed by atoms with Crippen LogP contribution in [-0.2, 0) is 4.79 Å². The highest BCUT2D eigenvalue weighted by atomic mass is 32.2. The summed E-state index contributed by atoms with van der Waals surface area (Å²) < 4.78 is 0. The molecule has 1 saturated carbocycles. The molecule has 1 heterocycles. The Bertz CT molecular complexity index is 1150. The van der Waals surface area contributed by atoms with E-state index in [9.17, 15) is 19.7 Å². The van der Waals surface area contributed by atoms with E-state index in [0.29, 0.717) is 16.1 Å². The lowest BCUT2D eigenvalue weighted by Gasteiger charge is -2.10. The molecule has 9 heteroatoms. The summed E-state index contributed by atoms with van der Waals surface area (Å²) in [6.07, 6.45) is 1.98. The Balaban J connectivity index is 1.50. The van der Waals surface area contributed by atoms with Crippen LogP contribution in [0.25, 0.3) is 10.9 Å². The Labute approximate surface area is 176 Å². The summed E-state index contributed by atoms with van der Waals surface area (Å²) in [5.41, 5.74) is 1.17. The van der Waals surface area contributed by atoms with Crippen LogP contribution in [0.3, 0.4) is 0 Å². The minimum absolute atomic E-state index is 0.00106. The summed E-state index contributed by atoms with van der Waals surface area (Å²) in [6.45, 7) is 0. The van der Waals surface area contributed by atoms with E-state index < -0.39 is 10.8 Å². The van der Waals surface area contributed by atoms with E-state index >= 15 is 0 Å². The molecule has 8 nitrogen and oxygen atoms in total. The van der Waals surface area contributed by atoms with Crippen LogP contribution < -0.4 is 10.6 Å². The van der Waals surface area contributed by atoms with E-state index in [2.05, 4.69) is 15.6 Å². The second kappa shape index (κ2) is 8.50. The smallest absolute Gasteiger partial charge is 0.292 e. The van der Waals surface area contributed by atoms with Crippen molar-refractivity contribution in [1.82, 2.24) is 10.3 Å². The minimum atomic E-state index is -0.543. The fraction of sp³-hybridized carbons (Fsp3) is 0.190. The maximum Gasteiger partial charge on any atom is 0.292 e. The van der Waals surface area contributed by atoms with Gasteiger partial charge in [-0.05, 0) is 31.0 Å². The minimum Gasteiger partial charge on any atom is -0.349 e. The standard InChI is InChI=1S/C21H18N4O4S/c26-19(23-17-7-3-4-8-18(17)25(28)29)12-30-20-11-15(21(27)22-13-9-10-13)14-5-1-2-6-16(14)24-20/h1-8,11,13H,9-10,12H2,(H,22,27)(H,23,26). The molecule has 1 fully saturated rings. The monoisotopic (exact) mass is 422 g/mol. The molecule has 1 aliphatic rings. The first kappa shape index (κ1) is 19.8. The number of nitrogens with zero attached hydrogens (tertiary/aromatic N) is 2. The molecule has 2 N–H and O–H groups in total. The van der Waals surface area contributed by atoms with Gasteiger partial charge in [-0.15, -0.1) is 0 Å². The van der Waals surface area contributed by atoms with Crippen molar-refractivity contribution in [3.63, 3.8) is 0 Å². The third kappa shape index (κ3) is 4.57. The van der Waals surface area contributed by atoms with Gasteiger partial charge in [-0.1, -0.05) is 42.1 Å². The Morgan fingerprint density at radius 1 is 1.13 bits per heavy atom. The van der Waals surface area contributed by atoms with Crippen molar-refractivity contribution < 1.29 is 14.5 Å². The second-order valence-electron chi connectivity index (χ2n) is 6.88. The molecule has 2 aromatic carbocycles. The van der Waals surface area contributed by atoms with E-state index in [1.54, 1.807) is 12.1 Å². The number of carbonyl (C=O) groups is 2. The van der Waals surface area contributed by atoms with E-state index in [1.807, 2.05) is 24.3 Å². The van der Waals surface area contributed by atoms with Crippen LogP contribution in [-0.4, -0.2) is 33.5 Å². The summed E-state index contributed by atoms with van der Waals surface area (Å²) in [5, 5.41) is 17.9. The molecule has 2 amide bonds. The predicted molar refractivity (Wildman–Crippen MR) is 115 cm³/mol. The molecule has 0 saturated heterocycles. The lowest BCUT2D eigenvalue weighted by atomic mass is 10.1. The molecule has 30 heavy (non-hydrogen) atoms. The van der Waals surface area contributed by atoms with Crippen molar-refractivity contribution >= 4 is 45.9 Å². The number of nitro groups is 1. The van der Waals surface area contributed by atoms with Crippen LogP contribution in [0.1, 0.15) is 23.2 Å². The molecule has 0 bridgehead atoms. The van der Waals surface area contributed by atoms with Gasteiger partial charge in [0.25, 0.3) is 11.6 Å². The number of anilines is 1. The van der Waals surface area contributed by atoms with Gasteiger partial charge in [-0.25, -0.2) is 4.98 Å². The molecule has 0 aliphatic heterocycles. The largest absolute Gasteiger partial charge is 0.349 e. The lowest BCUT2D eigenvalue weighted by molar-refractivity contribution is -0.383. The van der Waals surface area contributed by atoms with Crippen LogP contribution in [0.4, 0.5) is 11.4 Å². The number of rotatable bonds is 7. The van der Waals surface area contributed by atoms with Crippen LogP contribution in [0, 0.1) is 10.1 Å². The van der Waals surface area contributed by atoms with Crippen molar-refractivity contribution in [2.24, 2.45) is 0 Å². The molecule has 1 aliphatic carbocycles. The quantitative estimate of drug-likeness (QED) is 0.340. The SMILES string of the molecule is O=C(CSc1cc(C(=O)NC2CC2)c2ccccc2n1)Nc1ccccc1[N+](=O)[O-]. The van der Waals surface area contributed by atoms with Gasteiger partial charge in [0.05, 0.1) is 26.8 Å². The van der Waals surface area contributed by atoms with Crippen LogP contribution in [0.15, 0.2) is 59.6 Å². The van der Waals surface area contributed by atoms with Crippen LogP contribution in [0.2, 0.25) is 0 Å². The first-order valence-electron chi connectivity index (χ1n) is 9.38. The molecule has 4 rings (SSSR count). The molecule has 1 aromatic heterocycles. The van der Waals surface area contributed by atoms with E-state index in [0.717, 1.165) is 18.2 Å². The number of pyridine rings is 1. The fourth-order valence-electron chi connectivity index (χ4n) is 2.97. The Kier molecular flexibility index (Phi) is 5.62. The van der Waals surface area contributed by atoms with Gasteiger partial charge in [0, 0.05) is 17.5 Å². The average molecular weight is 422 g/mol. The van der Waals surface area contributed by atoms with Crippen molar-refractivity contribution in [2.75, 3.05) is 11.1 Å². The Hall–Kier alpha value is -3.46. The number of carbonyl (C=O) groups excluding carboxylic acids is 2. The predicted octanol–water partition coefficient (Wildman–Crippen LogP) is 3.77. The highest BCUT2D eigenvalue weighted by molar-refractivity contribution is 7.99. The molecular weight excluding hydrogens is 404 g/mol. The van der Waals surface area contributed by atoms with E-state index in [1.165, 1.54) is 30.0 Å². The maximum absolute atomic E-state index is 12.7. The fourth-order valence-corrected chi connectivity index (χ4v) is 3.68. The molecule has 152 valence electrons. The number of nitrogens with one attached hydrogen (secondary N) is 2. The number of hydrogen-bond donors (Lipinski definition) is 2. The number of nitro benzene ring substituents is 1. The van der Waals surface area contributed by atoms with Gasteiger partial charge >= 0.3 is 0 Å². The molecule has 0 radical (unpaired) electrons. The molecule has 0 unspecified atom stereocenters. The lowest BCUT2D eigenvalue weighted by Crippen LogP contribution is -2.25. The third-order valence-corrected chi connectivity index (χ3v) is 5.49. The van der Waals surface area contributed by atoms with Gasteiger partial charge in [0.15, 0.2) is 0 Å². The van der Waals surface area contributed by atoms with Crippen molar-refractivity contribution in [3.05, 3.63) is 70.3 Å². The molecule has 0 atom stereocenters. The third-order valence-electron chi connectivity index (χ3n) is 4.58. The van der Waals surface area contributed by atoms with Crippen LogP contribution >= 0.6 is 11.8 Å². The Morgan fingerprint density at radius 2 is 1.87 bits per heavy atom. The normalized spacial score (nSPS) is 13.1. The van der Waals surface area contributed by atoms with Gasteiger partial charge < -0.3 is 10.6 Å². The number of hydrogen-bond acceptors (Lipinski definition) is 6. The number of thioether (sulfide) groups is 1. The molecular formula is C21H18N4O4S. The van der Waals surface area contributed by atoms with E-state index in [-0.39, 0.29) is 29.1 Å². The highest BCUT2D eigenvalue weighted by Crippen LogP contribution is 2.27. The number of aromatic nitrogens is 1. The molecule has 0 spiro atoms. The van der Waals surface area contributed by atoms with Gasteiger partial charge in [0.1, 0.15) is 5.69 Å². The topological polar surface area (TPSA) is 114 Å². The number of benzene rings is 2. The maximum atomic E-state index is 12.7. The van der Waals surface area contributed by atoms with Crippen molar-refractivity contribution in [1.29, 1.82) is 0 Å². The molecule has 3 aromatic rings. The second-order valence-corrected chi connectivity index (χ2v) is 7.88. The van der Waals surface area contributed by atoms with Gasteiger partial charge in [-0.2, -0.15) is 0 Å². The van der Waals surface area contributed by atoms with E-state index in [4.69, 9.17) is 0 Å². The van der Waals surface area contributed by atoms with Gasteiger partial charge in [-0.3, -0.25) is 19.7 Å². The highest BCUT2D eigenvalue weighted by Gasteiger charge is 2.25. The van der Waals surface area contributed by atoms with Crippen molar-refractivity contribution in [2.45, 2.75) is 23.9 Å². The zero-order chi connectivity index (χ0) is 21.1. The summed E-state index contributed by atoms with van der Waals surface area (Å²) in [4.78, 5) is 40.1. The summed E-state index contributed by atoms with van der Waals surface area (Å²) in [5.74, 6) is -0.545. The number of amides is 2. The Morgan fingerprint density at radius 3 is 2.63 bits per heavy atom. The van der Waals surface area contributed by atoms with Crippen molar-refractivity contribution in [3.8, 4) is 0 Å². The average Bonchev–Trinajstić information content (AvgIpc) is 3.56. The first-order valence-corrected chi connectivity index (χ1v) is 10.4. The summed E-state index contributed by atoms with van der Waals surface area (Å²) in [6, 6.07) is 15.2. The first-order chi connectivity index (χ1) is 14.5. The zero-order valence-electron chi connectivity index (χ0n) is 15.8. The van der Waals surface area contributed by atoms with Crippen LogP contribution in [0.5, 0.6) is 0 Å². The summed E-state index contributed by atoms with van der Waals surface area (Å²) >= 11 is 1.17. The number of fused-ring (bicyclic) bond motifs is 1. The number of para-hydroxylation sites is 3. The summed E-state index contributed by atoms with van der Waals surface area (Å²) in [7, 11) is 0.